The fourth-order valence-electron chi connectivity index (χ4n) is 2.47. The van der Waals surface area contributed by atoms with Gasteiger partial charge in [0.05, 0.1) is 16.3 Å². The summed E-state index contributed by atoms with van der Waals surface area (Å²) in [7, 11) is 0. The van der Waals surface area contributed by atoms with Crippen LogP contribution >= 0.6 is 22.9 Å². The molecule has 3 rings (SSSR count). The van der Waals surface area contributed by atoms with Crippen molar-refractivity contribution in [2.45, 2.75) is 13.3 Å². The number of hydrogen-bond acceptors (Lipinski definition) is 3. The molecule has 0 aliphatic heterocycles. The average molecular weight is 393 g/mol. The summed E-state index contributed by atoms with van der Waals surface area (Å²) in [5, 5.41) is 3.55. The van der Waals surface area contributed by atoms with Crippen molar-refractivity contribution in [3.63, 3.8) is 0 Å². The quantitative estimate of drug-likeness (QED) is 0.662. The highest BCUT2D eigenvalue weighted by Crippen LogP contribution is 2.28. The Morgan fingerprint density at radius 2 is 1.92 bits per heavy atom. The Balaban J connectivity index is 1.65. The Morgan fingerprint density at radius 1 is 1.19 bits per heavy atom. The molecule has 26 heavy (non-hydrogen) atoms. The first-order valence-electron chi connectivity index (χ1n) is 7.90. The lowest BCUT2D eigenvalue weighted by Crippen LogP contribution is -2.26. The summed E-state index contributed by atoms with van der Waals surface area (Å²) in [6.07, 6.45) is 0.558. The second-order valence-electron chi connectivity index (χ2n) is 5.64. The van der Waals surface area contributed by atoms with Gasteiger partial charge in [-0.15, -0.1) is 11.3 Å². The number of carbonyl (C=O) groups is 1. The number of amides is 1. The molecule has 1 heterocycles. The van der Waals surface area contributed by atoms with Gasteiger partial charge in [-0.2, -0.15) is 0 Å². The van der Waals surface area contributed by atoms with E-state index in [0.717, 1.165) is 21.1 Å². The van der Waals surface area contributed by atoms with Gasteiger partial charge in [0.1, 0.15) is 16.6 Å². The van der Waals surface area contributed by atoms with E-state index in [9.17, 15) is 13.6 Å². The molecule has 0 spiro atoms. The fourth-order valence-corrected chi connectivity index (χ4v) is 3.78. The second kappa shape index (κ2) is 7.93. The van der Waals surface area contributed by atoms with Crippen molar-refractivity contribution < 1.29 is 13.6 Å². The van der Waals surface area contributed by atoms with Crippen LogP contribution < -0.4 is 5.32 Å². The highest BCUT2D eigenvalue weighted by molar-refractivity contribution is 7.15. The minimum atomic E-state index is -0.650. The molecule has 0 fully saturated rings. The van der Waals surface area contributed by atoms with Crippen LogP contribution in [0.3, 0.4) is 0 Å². The first kappa shape index (κ1) is 18.5. The van der Waals surface area contributed by atoms with Crippen LogP contribution in [0.2, 0.25) is 5.02 Å². The molecule has 3 aromatic rings. The summed E-state index contributed by atoms with van der Waals surface area (Å²) in [4.78, 5) is 17.6. The third-order valence-electron chi connectivity index (χ3n) is 3.81. The molecule has 0 radical (unpaired) electrons. The van der Waals surface area contributed by atoms with E-state index in [2.05, 4.69) is 10.3 Å². The van der Waals surface area contributed by atoms with E-state index < -0.39 is 11.7 Å². The van der Waals surface area contributed by atoms with E-state index in [-0.39, 0.29) is 16.4 Å². The van der Waals surface area contributed by atoms with Crippen LogP contribution in [0.15, 0.2) is 42.5 Å². The number of rotatable bonds is 5. The fraction of sp³-hybridized carbons (Fsp3) is 0.158. The highest BCUT2D eigenvalue weighted by Gasteiger charge is 2.16. The molecule has 2 aromatic carbocycles. The van der Waals surface area contributed by atoms with Gasteiger partial charge in [-0.3, -0.25) is 4.79 Å². The molecule has 3 nitrogen and oxygen atoms in total. The lowest BCUT2D eigenvalue weighted by molar-refractivity contribution is 0.0950. The monoisotopic (exact) mass is 392 g/mol. The summed E-state index contributed by atoms with van der Waals surface area (Å²) >= 11 is 7.38. The maximum absolute atomic E-state index is 13.8. The molecule has 1 amide bonds. The molecular formula is C19H15ClF2N2OS. The molecule has 0 saturated carbocycles. The maximum Gasteiger partial charge on any atom is 0.255 e. The zero-order chi connectivity index (χ0) is 18.7. The van der Waals surface area contributed by atoms with Crippen LogP contribution in [0, 0.1) is 18.6 Å². The third kappa shape index (κ3) is 4.08. The Kier molecular flexibility index (Phi) is 5.64. The van der Waals surface area contributed by atoms with E-state index in [1.165, 1.54) is 41.7 Å². The van der Waals surface area contributed by atoms with Crippen LogP contribution in [-0.4, -0.2) is 17.4 Å². The van der Waals surface area contributed by atoms with E-state index in [1.807, 2.05) is 6.92 Å². The standard InChI is InChI=1S/C19H15ClF2N2OS/c1-11-16(26-19(24-11)12-5-7-13(21)8-6-12)9-10-23-18(25)17-14(20)3-2-4-15(17)22/h2-8H,9-10H2,1H3,(H,23,25). The molecule has 7 heteroatoms. The first-order valence-corrected chi connectivity index (χ1v) is 9.09. The topological polar surface area (TPSA) is 42.0 Å². The molecule has 1 aromatic heterocycles. The van der Waals surface area contributed by atoms with Gasteiger partial charge >= 0.3 is 0 Å². The lowest BCUT2D eigenvalue weighted by Gasteiger charge is -2.07. The summed E-state index contributed by atoms with van der Waals surface area (Å²) in [5.74, 6) is -1.49. The highest BCUT2D eigenvalue weighted by atomic mass is 35.5. The maximum atomic E-state index is 13.8. The molecule has 0 bridgehead atoms. The van der Waals surface area contributed by atoms with Gasteiger partial charge in [-0.1, -0.05) is 17.7 Å². The van der Waals surface area contributed by atoms with Gasteiger partial charge in [0, 0.05) is 23.4 Å². The Bertz CT molecular complexity index is 921. The number of halogens is 3. The largest absolute Gasteiger partial charge is 0.352 e. The SMILES string of the molecule is Cc1nc(-c2ccc(F)cc2)sc1CCNC(=O)c1c(F)cccc1Cl. The summed E-state index contributed by atoms with van der Waals surface area (Å²) in [5.41, 5.74) is 1.54. The van der Waals surface area contributed by atoms with E-state index in [0.29, 0.717) is 13.0 Å². The van der Waals surface area contributed by atoms with Crippen molar-refractivity contribution in [3.05, 3.63) is 75.3 Å². The van der Waals surface area contributed by atoms with Crippen LogP contribution in [-0.2, 0) is 6.42 Å². The van der Waals surface area contributed by atoms with Crippen molar-refractivity contribution in [1.29, 1.82) is 0 Å². The van der Waals surface area contributed by atoms with Crippen molar-refractivity contribution in [3.8, 4) is 10.6 Å². The van der Waals surface area contributed by atoms with Gasteiger partial charge in [0.15, 0.2) is 0 Å². The van der Waals surface area contributed by atoms with Gasteiger partial charge in [-0.25, -0.2) is 13.8 Å². The predicted molar refractivity (Wildman–Crippen MR) is 99.7 cm³/mol. The minimum Gasteiger partial charge on any atom is -0.352 e. The predicted octanol–water partition coefficient (Wildman–Crippen LogP) is 5.02. The number of thiazole rings is 1. The van der Waals surface area contributed by atoms with E-state index >= 15 is 0 Å². The molecule has 1 N–H and O–H groups in total. The van der Waals surface area contributed by atoms with Crippen LogP contribution in [0.5, 0.6) is 0 Å². The molecule has 0 aliphatic rings. The molecule has 0 aliphatic carbocycles. The number of benzene rings is 2. The molecule has 0 saturated heterocycles. The molecule has 134 valence electrons. The molecular weight excluding hydrogens is 378 g/mol. The number of nitrogens with one attached hydrogen (secondary N) is 1. The number of aryl methyl sites for hydroxylation is 1. The zero-order valence-corrected chi connectivity index (χ0v) is 15.4. The molecule has 0 unspecified atom stereocenters. The van der Waals surface area contributed by atoms with Crippen molar-refractivity contribution >= 4 is 28.8 Å². The summed E-state index contributed by atoms with van der Waals surface area (Å²) in [6.45, 7) is 2.21. The summed E-state index contributed by atoms with van der Waals surface area (Å²) < 4.78 is 26.8. The zero-order valence-electron chi connectivity index (χ0n) is 13.9. The smallest absolute Gasteiger partial charge is 0.255 e. The van der Waals surface area contributed by atoms with Gasteiger partial charge in [0.2, 0.25) is 0 Å². The normalized spacial score (nSPS) is 10.8. The Labute approximate surface area is 158 Å². The lowest BCUT2D eigenvalue weighted by atomic mass is 10.2. The number of carbonyl (C=O) groups excluding carboxylic acids is 1. The number of nitrogens with zero attached hydrogens (tertiary/aromatic N) is 1. The third-order valence-corrected chi connectivity index (χ3v) is 5.39. The van der Waals surface area contributed by atoms with Crippen LogP contribution in [0.1, 0.15) is 20.9 Å². The van der Waals surface area contributed by atoms with Gasteiger partial charge < -0.3 is 5.32 Å². The van der Waals surface area contributed by atoms with E-state index in [4.69, 9.17) is 11.6 Å². The van der Waals surface area contributed by atoms with Crippen molar-refractivity contribution in [1.82, 2.24) is 10.3 Å². The number of hydrogen-bond donors (Lipinski definition) is 1. The van der Waals surface area contributed by atoms with Crippen LogP contribution in [0.25, 0.3) is 10.6 Å². The van der Waals surface area contributed by atoms with Gasteiger partial charge in [0.25, 0.3) is 5.91 Å². The molecule has 0 atom stereocenters. The summed E-state index contributed by atoms with van der Waals surface area (Å²) in [6, 6.07) is 10.3. The number of aromatic nitrogens is 1. The van der Waals surface area contributed by atoms with E-state index in [1.54, 1.807) is 12.1 Å². The average Bonchev–Trinajstić information content (AvgIpc) is 2.96. The second-order valence-corrected chi connectivity index (χ2v) is 7.13. The van der Waals surface area contributed by atoms with Crippen molar-refractivity contribution in [2.75, 3.05) is 6.54 Å². The first-order chi connectivity index (χ1) is 12.5. The van der Waals surface area contributed by atoms with Gasteiger partial charge in [-0.05, 0) is 43.3 Å². The minimum absolute atomic E-state index is 0.0788. The Hall–Kier alpha value is -2.31. The van der Waals surface area contributed by atoms with Crippen molar-refractivity contribution in [2.24, 2.45) is 0 Å². The van der Waals surface area contributed by atoms with Crippen LogP contribution in [0.4, 0.5) is 8.78 Å². The Morgan fingerprint density at radius 3 is 2.62 bits per heavy atom.